The fourth-order valence-corrected chi connectivity index (χ4v) is 4.54. The smallest absolute Gasteiger partial charge is 0.206 e. The van der Waals surface area contributed by atoms with E-state index in [-0.39, 0.29) is 9.79 Å². The Hall–Kier alpha value is -3.90. The molecule has 0 saturated carbocycles. The summed E-state index contributed by atoms with van der Waals surface area (Å²) in [6, 6.07) is 30.5. The van der Waals surface area contributed by atoms with Crippen molar-refractivity contribution in [3.8, 4) is 11.5 Å². The molecule has 0 radical (unpaired) electrons. The first-order valence-electron chi connectivity index (χ1n) is 10.4. The van der Waals surface area contributed by atoms with Crippen LogP contribution in [0.2, 0.25) is 0 Å². The maximum absolute atomic E-state index is 13.0. The topological polar surface area (TPSA) is 65.0 Å². The summed E-state index contributed by atoms with van der Waals surface area (Å²) in [7, 11) is -2.13. The minimum absolute atomic E-state index is 0.154. The second-order valence-electron chi connectivity index (χ2n) is 7.26. The Labute approximate surface area is 193 Å². The molecule has 0 bridgehead atoms. The number of sulfone groups is 1. The summed E-state index contributed by atoms with van der Waals surface area (Å²) in [6.07, 6.45) is 1.66. The minimum Gasteiger partial charge on any atom is -0.494 e. The Morgan fingerprint density at radius 2 is 1.52 bits per heavy atom. The molecule has 4 rings (SSSR count). The lowest BCUT2D eigenvalue weighted by Gasteiger charge is -2.09. The van der Waals surface area contributed by atoms with Gasteiger partial charge in [-0.25, -0.2) is 8.42 Å². The van der Waals surface area contributed by atoms with E-state index in [0.29, 0.717) is 18.0 Å². The molecular formula is C27H23NO4S. The summed E-state index contributed by atoms with van der Waals surface area (Å²) in [6.45, 7) is 0.467. The predicted octanol–water partition coefficient (Wildman–Crippen LogP) is 5.86. The van der Waals surface area contributed by atoms with Crippen molar-refractivity contribution in [2.24, 2.45) is 4.99 Å². The Morgan fingerprint density at radius 1 is 0.788 bits per heavy atom. The molecule has 0 unspecified atom stereocenters. The Balaban J connectivity index is 1.57. The Bertz CT molecular complexity index is 1350. The molecule has 0 amide bonds. The summed E-state index contributed by atoms with van der Waals surface area (Å²) in [5.41, 5.74) is 2.32. The highest BCUT2D eigenvalue weighted by Crippen LogP contribution is 2.32. The Kier molecular flexibility index (Phi) is 6.86. The van der Waals surface area contributed by atoms with Gasteiger partial charge in [0.15, 0.2) is 0 Å². The first-order valence-corrected chi connectivity index (χ1v) is 11.8. The third kappa shape index (κ3) is 5.48. The standard InChI is InChI=1S/C27H23NO4S/c1-31-27-16-15-25(33(29,30)24-13-6-3-7-14-24)18-26(27)28-19-22-11-8-12-23(17-22)32-20-21-9-4-2-5-10-21/h2-19H,20H2,1H3. The van der Waals surface area contributed by atoms with Crippen molar-refractivity contribution >= 4 is 21.7 Å². The molecule has 5 nitrogen and oxygen atoms in total. The Morgan fingerprint density at radius 3 is 2.24 bits per heavy atom. The van der Waals surface area contributed by atoms with E-state index >= 15 is 0 Å². The monoisotopic (exact) mass is 457 g/mol. The van der Waals surface area contributed by atoms with Gasteiger partial charge < -0.3 is 9.47 Å². The maximum Gasteiger partial charge on any atom is 0.206 e. The van der Waals surface area contributed by atoms with Crippen LogP contribution in [0.25, 0.3) is 0 Å². The van der Waals surface area contributed by atoms with E-state index in [9.17, 15) is 8.42 Å². The lowest BCUT2D eigenvalue weighted by molar-refractivity contribution is 0.306. The molecule has 0 N–H and O–H groups in total. The quantitative estimate of drug-likeness (QED) is 0.311. The molecule has 33 heavy (non-hydrogen) atoms. The highest BCUT2D eigenvalue weighted by Gasteiger charge is 2.19. The normalized spacial score (nSPS) is 11.4. The van der Waals surface area contributed by atoms with Crippen LogP contribution < -0.4 is 9.47 Å². The van der Waals surface area contributed by atoms with Gasteiger partial charge in [-0.05, 0) is 53.6 Å². The van der Waals surface area contributed by atoms with Crippen LogP contribution >= 0.6 is 0 Å². The molecule has 0 aromatic heterocycles. The average Bonchev–Trinajstić information content (AvgIpc) is 2.87. The van der Waals surface area contributed by atoms with Gasteiger partial charge in [0.05, 0.1) is 16.9 Å². The van der Waals surface area contributed by atoms with Gasteiger partial charge in [-0.15, -0.1) is 0 Å². The van der Waals surface area contributed by atoms with Gasteiger partial charge in [0, 0.05) is 6.21 Å². The van der Waals surface area contributed by atoms with Crippen molar-refractivity contribution in [1.82, 2.24) is 0 Å². The van der Waals surface area contributed by atoms with E-state index in [1.807, 2.05) is 54.6 Å². The zero-order chi connectivity index (χ0) is 23.1. The number of ether oxygens (including phenoxy) is 2. The summed E-state index contributed by atoms with van der Waals surface area (Å²) < 4.78 is 37.2. The fourth-order valence-electron chi connectivity index (χ4n) is 3.24. The first-order chi connectivity index (χ1) is 16.1. The molecule has 0 fully saturated rings. The van der Waals surface area contributed by atoms with Gasteiger partial charge >= 0.3 is 0 Å². The van der Waals surface area contributed by atoms with Gasteiger partial charge in [0.25, 0.3) is 0 Å². The van der Waals surface area contributed by atoms with E-state index in [4.69, 9.17) is 9.47 Å². The van der Waals surface area contributed by atoms with E-state index in [2.05, 4.69) is 4.99 Å². The number of aliphatic imine (C=N–C) groups is 1. The number of methoxy groups -OCH3 is 1. The first kappa shape index (κ1) is 22.3. The molecule has 0 aliphatic carbocycles. The second-order valence-corrected chi connectivity index (χ2v) is 9.20. The summed E-state index contributed by atoms with van der Waals surface area (Å²) in [4.78, 5) is 4.89. The largest absolute Gasteiger partial charge is 0.494 e. The lowest BCUT2D eigenvalue weighted by atomic mass is 10.2. The fraction of sp³-hybridized carbons (Fsp3) is 0.0741. The number of nitrogens with zero attached hydrogens (tertiary/aromatic N) is 1. The van der Waals surface area contributed by atoms with Crippen LogP contribution in [0.5, 0.6) is 11.5 Å². The van der Waals surface area contributed by atoms with Crippen molar-refractivity contribution < 1.29 is 17.9 Å². The van der Waals surface area contributed by atoms with Crippen LogP contribution in [0.4, 0.5) is 5.69 Å². The number of benzene rings is 4. The van der Waals surface area contributed by atoms with Crippen LogP contribution in [0, 0.1) is 0 Å². The van der Waals surface area contributed by atoms with Crippen molar-refractivity contribution in [2.75, 3.05) is 7.11 Å². The number of rotatable bonds is 8. The molecule has 0 aliphatic rings. The molecule has 166 valence electrons. The van der Waals surface area contributed by atoms with Gasteiger partial charge in [-0.2, -0.15) is 0 Å². The highest BCUT2D eigenvalue weighted by atomic mass is 32.2. The van der Waals surface area contributed by atoms with E-state index < -0.39 is 9.84 Å². The summed E-state index contributed by atoms with van der Waals surface area (Å²) in [5.74, 6) is 1.20. The van der Waals surface area contributed by atoms with Crippen LogP contribution in [0.15, 0.2) is 118 Å². The maximum atomic E-state index is 13.0. The SMILES string of the molecule is COc1ccc(S(=O)(=O)c2ccccc2)cc1N=Cc1cccc(OCc2ccccc2)c1. The molecule has 4 aromatic carbocycles. The average molecular weight is 458 g/mol. The third-order valence-electron chi connectivity index (χ3n) is 4.97. The zero-order valence-corrected chi connectivity index (χ0v) is 18.9. The van der Waals surface area contributed by atoms with Crippen LogP contribution in [0.3, 0.4) is 0 Å². The highest BCUT2D eigenvalue weighted by molar-refractivity contribution is 7.91. The van der Waals surface area contributed by atoms with Gasteiger partial charge in [0.1, 0.15) is 23.8 Å². The van der Waals surface area contributed by atoms with Gasteiger partial charge in [-0.1, -0.05) is 60.7 Å². The molecule has 4 aromatic rings. The van der Waals surface area contributed by atoms with Gasteiger partial charge in [-0.3, -0.25) is 4.99 Å². The number of hydrogen-bond donors (Lipinski definition) is 0. The van der Waals surface area contributed by atoms with Crippen LogP contribution in [-0.4, -0.2) is 21.7 Å². The molecular weight excluding hydrogens is 434 g/mol. The molecule has 0 saturated heterocycles. The van der Waals surface area contributed by atoms with Crippen molar-refractivity contribution in [3.05, 3.63) is 114 Å². The molecule has 0 aliphatic heterocycles. The minimum atomic E-state index is -3.66. The predicted molar refractivity (Wildman–Crippen MR) is 129 cm³/mol. The van der Waals surface area contributed by atoms with Crippen molar-refractivity contribution in [2.45, 2.75) is 16.4 Å². The molecule has 0 heterocycles. The zero-order valence-electron chi connectivity index (χ0n) is 18.1. The number of hydrogen-bond acceptors (Lipinski definition) is 5. The van der Waals surface area contributed by atoms with Crippen molar-refractivity contribution in [1.29, 1.82) is 0 Å². The molecule has 6 heteroatoms. The molecule has 0 spiro atoms. The van der Waals surface area contributed by atoms with E-state index in [1.54, 1.807) is 42.6 Å². The second kappa shape index (κ2) is 10.1. The van der Waals surface area contributed by atoms with Crippen molar-refractivity contribution in [3.63, 3.8) is 0 Å². The molecule has 0 atom stereocenters. The summed E-state index contributed by atoms with van der Waals surface area (Å²) in [5, 5.41) is 0. The summed E-state index contributed by atoms with van der Waals surface area (Å²) >= 11 is 0. The van der Waals surface area contributed by atoms with Crippen LogP contribution in [-0.2, 0) is 16.4 Å². The van der Waals surface area contributed by atoms with Crippen LogP contribution in [0.1, 0.15) is 11.1 Å². The van der Waals surface area contributed by atoms with E-state index in [1.165, 1.54) is 19.2 Å². The van der Waals surface area contributed by atoms with Gasteiger partial charge in [0.2, 0.25) is 9.84 Å². The van der Waals surface area contributed by atoms with E-state index in [0.717, 1.165) is 16.9 Å². The lowest BCUT2D eigenvalue weighted by Crippen LogP contribution is -2.01. The third-order valence-corrected chi connectivity index (χ3v) is 6.74.